The van der Waals surface area contributed by atoms with Crippen LogP contribution in [0.4, 0.5) is 9.93 Å². The Bertz CT molecular complexity index is 320. The van der Waals surface area contributed by atoms with Crippen LogP contribution in [0.25, 0.3) is 0 Å². The molecule has 2 heterocycles. The van der Waals surface area contributed by atoms with Crippen LogP contribution >= 0.6 is 11.3 Å². The summed E-state index contributed by atoms with van der Waals surface area (Å²) in [6.45, 7) is 1.73. The van der Waals surface area contributed by atoms with Gasteiger partial charge in [-0.05, 0) is 0 Å². The third-order valence-electron chi connectivity index (χ3n) is 2.41. The molecule has 1 aromatic rings. The van der Waals surface area contributed by atoms with Crippen molar-refractivity contribution < 1.29 is 9.53 Å². The van der Waals surface area contributed by atoms with Gasteiger partial charge in [-0.3, -0.25) is 0 Å². The largest absolute Gasteiger partial charge is 0.446 e. The second kappa shape index (κ2) is 4.48. The number of nitrogens with two attached hydrogens (primary N) is 1. The average Bonchev–Trinajstić information content (AvgIpc) is 2.71. The third kappa shape index (κ3) is 2.59. The van der Waals surface area contributed by atoms with E-state index in [1.807, 2.05) is 5.38 Å². The van der Waals surface area contributed by atoms with E-state index in [1.54, 1.807) is 17.5 Å². The van der Waals surface area contributed by atoms with Gasteiger partial charge in [0.2, 0.25) is 0 Å². The Labute approximate surface area is 91.9 Å². The first kappa shape index (κ1) is 10.2. The lowest BCUT2D eigenvalue weighted by Crippen LogP contribution is -2.38. The Kier molecular flexibility index (Phi) is 3.05. The van der Waals surface area contributed by atoms with Crippen LogP contribution in [-0.4, -0.2) is 30.3 Å². The smallest absolute Gasteiger partial charge is 0.404 e. The molecule has 0 radical (unpaired) electrons. The van der Waals surface area contributed by atoms with Crippen LogP contribution in [0.15, 0.2) is 11.6 Å². The molecule has 1 aromatic heterocycles. The molecule has 6 heteroatoms. The summed E-state index contributed by atoms with van der Waals surface area (Å²) in [5, 5.41) is 2.99. The molecule has 15 heavy (non-hydrogen) atoms. The highest BCUT2D eigenvalue weighted by Crippen LogP contribution is 2.22. The fraction of sp³-hybridized carbons (Fsp3) is 0.556. The summed E-state index contributed by atoms with van der Waals surface area (Å²) in [5.74, 6) is 0. The molecule has 0 aliphatic carbocycles. The van der Waals surface area contributed by atoms with Gasteiger partial charge >= 0.3 is 6.09 Å². The van der Waals surface area contributed by atoms with Crippen molar-refractivity contribution in [2.45, 2.75) is 18.9 Å². The number of nitrogens with zero attached hydrogens (tertiary/aromatic N) is 2. The summed E-state index contributed by atoms with van der Waals surface area (Å²) >= 11 is 1.63. The normalized spacial score (nSPS) is 17.7. The molecule has 0 aromatic carbocycles. The molecule has 1 aliphatic heterocycles. The van der Waals surface area contributed by atoms with Gasteiger partial charge in [0, 0.05) is 37.5 Å². The highest BCUT2D eigenvalue weighted by Gasteiger charge is 2.22. The lowest BCUT2D eigenvalue weighted by Gasteiger charge is -2.30. The fourth-order valence-corrected chi connectivity index (χ4v) is 2.40. The maximum Gasteiger partial charge on any atom is 0.404 e. The fourth-order valence-electron chi connectivity index (χ4n) is 1.70. The number of primary amides is 1. The predicted octanol–water partition coefficient (Wildman–Crippen LogP) is 1.21. The van der Waals surface area contributed by atoms with Gasteiger partial charge in [0.25, 0.3) is 0 Å². The lowest BCUT2D eigenvalue weighted by atomic mass is 10.1. The van der Waals surface area contributed by atoms with Crippen molar-refractivity contribution in [3.8, 4) is 0 Å². The van der Waals surface area contributed by atoms with Gasteiger partial charge in [-0.2, -0.15) is 0 Å². The van der Waals surface area contributed by atoms with Crippen molar-refractivity contribution in [1.29, 1.82) is 0 Å². The van der Waals surface area contributed by atoms with Crippen molar-refractivity contribution in [2.75, 3.05) is 18.0 Å². The molecular weight excluding hydrogens is 214 g/mol. The van der Waals surface area contributed by atoms with E-state index in [2.05, 4.69) is 9.88 Å². The van der Waals surface area contributed by atoms with Gasteiger partial charge in [0.1, 0.15) is 6.10 Å². The Morgan fingerprint density at radius 2 is 2.33 bits per heavy atom. The second-order valence-electron chi connectivity index (χ2n) is 3.44. The maximum atomic E-state index is 10.6. The molecule has 0 bridgehead atoms. The van der Waals surface area contributed by atoms with Crippen LogP contribution in [0.3, 0.4) is 0 Å². The van der Waals surface area contributed by atoms with E-state index >= 15 is 0 Å². The van der Waals surface area contributed by atoms with Crippen LogP contribution < -0.4 is 10.6 Å². The number of piperidine rings is 1. The maximum absolute atomic E-state index is 10.6. The van der Waals surface area contributed by atoms with E-state index in [0.717, 1.165) is 31.1 Å². The van der Waals surface area contributed by atoms with Gasteiger partial charge in [-0.25, -0.2) is 9.78 Å². The SMILES string of the molecule is NC(=O)OC1CCN(c2nccs2)CC1. The number of carbonyl (C=O) groups excluding carboxylic acids is 1. The minimum Gasteiger partial charge on any atom is -0.446 e. The third-order valence-corrected chi connectivity index (χ3v) is 3.25. The van der Waals surface area contributed by atoms with Gasteiger partial charge in [-0.15, -0.1) is 11.3 Å². The number of carbonyl (C=O) groups is 1. The summed E-state index contributed by atoms with van der Waals surface area (Å²) in [5.41, 5.74) is 4.97. The Morgan fingerprint density at radius 1 is 1.60 bits per heavy atom. The molecule has 1 amide bonds. The van der Waals surface area contributed by atoms with Gasteiger partial charge < -0.3 is 15.4 Å². The average molecular weight is 227 g/mol. The minimum absolute atomic E-state index is 0.0290. The Balaban J connectivity index is 1.84. The van der Waals surface area contributed by atoms with Crippen molar-refractivity contribution in [2.24, 2.45) is 5.73 Å². The molecule has 82 valence electrons. The van der Waals surface area contributed by atoms with Crippen LogP contribution in [0.5, 0.6) is 0 Å². The summed E-state index contributed by atoms with van der Waals surface area (Å²) in [6, 6.07) is 0. The molecule has 1 fully saturated rings. The lowest BCUT2D eigenvalue weighted by molar-refractivity contribution is 0.0912. The van der Waals surface area contributed by atoms with Crippen molar-refractivity contribution >= 4 is 22.6 Å². The van der Waals surface area contributed by atoms with Crippen LogP contribution in [0.2, 0.25) is 0 Å². The van der Waals surface area contributed by atoms with E-state index in [4.69, 9.17) is 10.5 Å². The highest BCUT2D eigenvalue weighted by atomic mass is 32.1. The Hall–Kier alpha value is -1.30. The standard InChI is InChI=1S/C9H13N3O2S/c10-8(13)14-7-1-4-12(5-2-7)9-11-3-6-15-9/h3,6-7H,1-2,4-5H2,(H2,10,13). The number of aromatic nitrogens is 1. The number of rotatable bonds is 2. The van der Waals surface area contributed by atoms with Crippen LogP contribution in [-0.2, 0) is 4.74 Å². The zero-order chi connectivity index (χ0) is 10.7. The van der Waals surface area contributed by atoms with Crippen molar-refractivity contribution in [3.05, 3.63) is 11.6 Å². The first-order valence-corrected chi connectivity index (χ1v) is 5.74. The minimum atomic E-state index is -0.678. The monoisotopic (exact) mass is 227 g/mol. The highest BCUT2D eigenvalue weighted by molar-refractivity contribution is 7.13. The Morgan fingerprint density at radius 3 is 2.87 bits per heavy atom. The van der Waals surface area contributed by atoms with E-state index in [0.29, 0.717) is 0 Å². The van der Waals surface area contributed by atoms with E-state index in [-0.39, 0.29) is 6.10 Å². The second-order valence-corrected chi connectivity index (χ2v) is 4.31. The van der Waals surface area contributed by atoms with Crippen LogP contribution in [0.1, 0.15) is 12.8 Å². The van der Waals surface area contributed by atoms with E-state index < -0.39 is 6.09 Å². The number of hydrogen-bond acceptors (Lipinski definition) is 5. The molecule has 5 nitrogen and oxygen atoms in total. The van der Waals surface area contributed by atoms with E-state index in [1.165, 1.54) is 0 Å². The topological polar surface area (TPSA) is 68.5 Å². The number of hydrogen-bond donors (Lipinski definition) is 1. The molecule has 0 atom stereocenters. The molecule has 2 rings (SSSR count). The molecule has 0 unspecified atom stereocenters. The van der Waals surface area contributed by atoms with Gasteiger partial charge in [0.15, 0.2) is 5.13 Å². The molecular formula is C9H13N3O2S. The summed E-state index contributed by atoms with van der Waals surface area (Å²) in [7, 11) is 0. The predicted molar refractivity (Wildman–Crippen MR) is 58.0 cm³/mol. The molecule has 0 saturated carbocycles. The van der Waals surface area contributed by atoms with Crippen molar-refractivity contribution in [1.82, 2.24) is 4.98 Å². The molecule has 0 spiro atoms. The van der Waals surface area contributed by atoms with Gasteiger partial charge in [-0.1, -0.05) is 0 Å². The number of anilines is 1. The summed E-state index contributed by atoms with van der Waals surface area (Å²) < 4.78 is 4.95. The quantitative estimate of drug-likeness (QED) is 0.824. The zero-order valence-electron chi connectivity index (χ0n) is 8.26. The van der Waals surface area contributed by atoms with Crippen molar-refractivity contribution in [3.63, 3.8) is 0 Å². The van der Waals surface area contributed by atoms with E-state index in [9.17, 15) is 4.79 Å². The molecule has 1 saturated heterocycles. The number of amides is 1. The zero-order valence-corrected chi connectivity index (χ0v) is 9.07. The summed E-state index contributed by atoms with van der Waals surface area (Å²) in [6.07, 6.45) is 2.73. The first-order chi connectivity index (χ1) is 7.25. The molecule has 1 aliphatic rings. The van der Waals surface area contributed by atoms with Gasteiger partial charge in [0.05, 0.1) is 0 Å². The van der Waals surface area contributed by atoms with Crippen LogP contribution in [0, 0.1) is 0 Å². The first-order valence-electron chi connectivity index (χ1n) is 4.86. The number of thiazole rings is 1. The molecule has 2 N–H and O–H groups in total. The summed E-state index contributed by atoms with van der Waals surface area (Å²) in [4.78, 5) is 17.0. The number of ether oxygens (including phenoxy) is 1.